The van der Waals surface area contributed by atoms with Crippen LogP contribution in [-0.4, -0.2) is 45.5 Å². The van der Waals surface area contributed by atoms with Gasteiger partial charge in [0.05, 0.1) is 30.6 Å². The molecule has 3 heterocycles. The largest absolute Gasteiger partial charge is 0.377 e. The van der Waals surface area contributed by atoms with Crippen LogP contribution >= 0.6 is 0 Å². The van der Waals surface area contributed by atoms with Crippen LogP contribution < -0.4 is 4.90 Å². The lowest BCUT2D eigenvalue weighted by molar-refractivity contribution is 0.0985. The van der Waals surface area contributed by atoms with Crippen molar-refractivity contribution in [1.82, 2.24) is 19.7 Å². The molecule has 118 valence electrons. The second-order valence-electron chi connectivity index (χ2n) is 5.95. The van der Waals surface area contributed by atoms with E-state index in [1.54, 1.807) is 0 Å². The third-order valence-electron chi connectivity index (χ3n) is 4.25. The van der Waals surface area contributed by atoms with Gasteiger partial charge < -0.3 is 9.64 Å². The highest BCUT2D eigenvalue weighted by molar-refractivity contribution is 5.67. The topological polar surface area (TPSA) is 56.1 Å². The zero-order chi connectivity index (χ0) is 15.9. The second-order valence-corrected chi connectivity index (χ2v) is 5.95. The molecule has 6 nitrogen and oxygen atoms in total. The highest BCUT2D eigenvalue weighted by atomic mass is 16.5. The molecule has 0 bridgehead atoms. The summed E-state index contributed by atoms with van der Waals surface area (Å²) in [7, 11) is 1.96. The van der Waals surface area contributed by atoms with Crippen molar-refractivity contribution >= 4 is 5.82 Å². The summed E-state index contributed by atoms with van der Waals surface area (Å²) in [6, 6.07) is 2.40. The van der Waals surface area contributed by atoms with Crippen molar-refractivity contribution in [2.75, 3.05) is 24.7 Å². The molecule has 0 aliphatic carbocycles. The molecule has 1 fully saturated rings. The van der Waals surface area contributed by atoms with Gasteiger partial charge >= 0.3 is 0 Å². The van der Waals surface area contributed by atoms with Crippen molar-refractivity contribution in [3.8, 4) is 11.3 Å². The van der Waals surface area contributed by atoms with E-state index in [-0.39, 0.29) is 0 Å². The molecular formula is C16H23N5O. The summed E-state index contributed by atoms with van der Waals surface area (Å²) in [5, 5.41) is 4.50. The van der Waals surface area contributed by atoms with Gasteiger partial charge in [0.25, 0.3) is 0 Å². The highest BCUT2D eigenvalue weighted by Gasteiger charge is 2.22. The first-order valence-corrected chi connectivity index (χ1v) is 7.68. The van der Waals surface area contributed by atoms with Crippen molar-refractivity contribution in [1.29, 1.82) is 0 Å². The highest BCUT2D eigenvalue weighted by Crippen LogP contribution is 2.28. The molecule has 1 atom stereocenters. The normalized spacial score (nSPS) is 18.8. The molecule has 22 heavy (non-hydrogen) atoms. The van der Waals surface area contributed by atoms with Crippen LogP contribution in [0.4, 0.5) is 5.82 Å². The van der Waals surface area contributed by atoms with Crippen molar-refractivity contribution in [2.24, 2.45) is 7.05 Å². The first-order valence-electron chi connectivity index (χ1n) is 7.68. The van der Waals surface area contributed by atoms with Crippen LogP contribution in [0.1, 0.15) is 24.1 Å². The van der Waals surface area contributed by atoms with Gasteiger partial charge in [-0.3, -0.25) is 4.68 Å². The van der Waals surface area contributed by atoms with E-state index in [1.807, 2.05) is 25.6 Å². The average Bonchev–Trinajstić information content (AvgIpc) is 2.72. The van der Waals surface area contributed by atoms with Crippen LogP contribution in [0.5, 0.6) is 0 Å². The lowest BCUT2D eigenvalue weighted by Gasteiger charge is -2.34. The third kappa shape index (κ3) is 2.59. The summed E-state index contributed by atoms with van der Waals surface area (Å²) in [6.07, 6.45) is 0. The van der Waals surface area contributed by atoms with Gasteiger partial charge in [-0.1, -0.05) is 0 Å². The molecule has 2 aromatic heterocycles. The maximum atomic E-state index is 5.52. The number of hydrogen-bond donors (Lipinski definition) is 0. The molecule has 0 saturated carbocycles. The maximum absolute atomic E-state index is 5.52. The molecule has 0 unspecified atom stereocenters. The summed E-state index contributed by atoms with van der Waals surface area (Å²) in [5.74, 6) is 1.76. The fourth-order valence-corrected chi connectivity index (χ4v) is 3.04. The molecule has 1 saturated heterocycles. The van der Waals surface area contributed by atoms with E-state index in [0.717, 1.165) is 54.0 Å². The Morgan fingerprint density at radius 2 is 2.00 bits per heavy atom. The fraction of sp³-hybridized carbons (Fsp3) is 0.562. The summed E-state index contributed by atoms with van der Waals surface area (Å²) in [6.45, 7) is 10.6. The Morgan fingerprint density at radius 3 is 2.64 bits per heavy atom. The van der Waals surface area contributed by atoms with Crippen LogP contribution in [0, 0.1) is 20.8 Å². The number of ether oxygens (including phenoxy) is 1. The van der Waals surface area contributed by atoms with E-state index in [0.29, 0.717) is 6.04 Å². The van der Waals surface area contributed by atoms with Crippen LogP contribution in [0.2, 0.25) is 0 Å². The van der Waals surface area contributed by atoms with Gasteiger partial charge in [0, 0.05) is 30.9 Å². The number of nitrogens with zero attached hydrogens (tertiary/aromatic N) is 5. The van der Waals surface area contributed by atoms with Crippen molar-refractivity contribution in [3.05, 3.63) is 23.3 Å². The molecule has 6 heteroatoms. The maximum Gasteiger partial charge on any atom is 0.133 e. The lowest BCUT2D eigenvalue weighted by Crippen LogP contribution is -2.44. The third-order valence-corrected chi connectivity index (χ3v) is 4.25. The molecule has 3 rings (SSSR count). The number of aromatic nitrogens is 4. The minimum absolute atomic E-state index is 0.326. The molecule has 2 aromatic rings. The van der Waals surface area contributed by atoms with E-state index in [9.17, 15) is 0 Å². The molecule has 0 N–H and O–H groups in total. The first kappa shape index (κ1) is 15.0. The van der Waals surface area contributed by atoms with Crippen LogP contribution in [0.15, 0.2) is 6.07 Å². The van der Waals surface area contributed by atoms with Crippen molar-refractivity contribution in [3.63, 3.8) is 0 Å². The second kappa shape index (κ2) is 5.68. The standard InChI is InChI=1S/C16H23N5O/c1-10-9-22-7-6-21(10)15-8-14(17-13(4)18-15)16-11(2)19-20(5)12(16)3/h8,10H,6-7,9H2,1-5H3/t10-/m1/s1. The molecule has 0 radical (unpaired) electrons. The number of hydrogen-bond acceptors (Lipinski definition) is 5. The van der Waals surface area contributed by atoms with Gasteiger partial charge in [0.15, 0.2) is 0 Å². The van der Waals surface area contributed by atoms with Gasteiger partial charge in [0.1, 0.15) is 11.6 Å². The Labute approximate surface area is 131 Å². The van der Waals surface area contributed by atoms with Gasteiger partial charge in [-0.2, -0.15) is 5.10 Å². The van der Waals surface area contributed by atoms with E-state index in [1.165, 1.54) is 0 Å². The zero-order valence-electron chi connectivity index (χ0n) is 13.9. The van der Waals surface area contributed by atoms with Gasteiger partial charge in [0.2, 0.25) is 0 Å². The molecule has 1 aliphatic heterocycles. The Morgan fingerprint density at radius 1 is 1.23 bits per heavy atom. The van der Waals surface area contributed by atoms with Crippen molar-refractivity contribution < 1.29 is 4.74 Å². The van der Waals surface area contributed by atoms with Gasteiger partial charge in [-0.15, -0.1) is 0 Å². The summed E-state index contributed by atoms with van der Waals surface area (Å²) < 4.78 is 7.42. The predicted molar refractivity (Wildman–Crippen MR) is 86.1 cm³/mol. The van der Waals surface area contributed by atoms with Crippen LogP contribution in [-0.2, 0) is 11.8 Å². The summed E-state index contributed by atoms with van der Waals surface area (Å²) >= 11 is 0. The minimum atomic E-state index is 0.326. The quantitative estimate of drug-likeness (QED) is 0.849. The van der Waals surface area contributed by atoms with Gasteiger partial charge in [-0.05, 0) is 27.7 Å². The molecule has 0 amide bonds. The molecule has 0 spiro atoms. The van der Waals surface area contributed by atoms with Gasteiger partial charge in [-0.25, -0.2) is 9.97 Å². The van der Waals surface area contributed by atoms with E-state index >= 15 is 0 Å². The SMILES string of the molecule is Cc1nc(-c2c(C)nn(C)c2C)cc(N2CCOC[C@H]2C)n1. The van der Waals surface area contributed by atoms with Crippen molar-refractivity contribution in [2.45, 2.75) is 33.7 Å². The smallest absolute Gasteiger partial charge is 0.133 e. The Kier molecular flexibility index (Phi) is 3.87. The van der Waals surface area contributed by atoms with E-state index in [2.05, 4.69) is 39.9 Å². The minimum Gasteiger partial charge on any atom is -0.377 e. The Balaban J connectivity index is 2.06. The summed E-state index contributed by atoms with van der Waals surface area (Å²) in [5.41, 5.74) is 4.18. The Hall–Kier alpha value is -1.95. The average molecular weight is 301 g/mol. The number of aryl methyl sites for hydroxylation is 3. The molecule has 1 aliphatic rings. The monoisotopic (exact) mass is 301 g/mol. The zero-order valence-corrected chi connectivity index (χ0v) is 13.9. The lowest BCUT2D eigenvalue weighted by atomic mass is 10.1. The molecular weight excluding hydrogens is 278 g/mol. The first-order chi connectivity index (χ1) is 10.5. The molecule has 0 aromatic carbocycles. The fourth-order valence-electron chi connectivity index (χ4n) is 3.04. The van der Waals surface area contributed by atoms with Crippen LogP contribution in [0.25, 0.3) is 11.3 Å². The summed E-state index contributed by atoms with van der Waals surface area (Å²) in [4.78, 5) is 11.6. The van der Waals surface area contributed by atoms with E-state index < -0.39 is 0 Å². The predicted octanol–water partition coefficient (Wildman–Crippen LogP) is 2.03. The number of rotatable bonds is 2. The van der Waals surface area contributed by atoms with Crippen LogP contribution in [0.3, 0.4) is 0 Å². The van der Waals surface area contributed by atoms with E-state index in [4.69, 9.17) is 4.74 Å². The number of anilines is 1. The number of morpholine rings is 1. The Bertz CT molecular complexity index is 694.